The van der Waals surface area contributed by atoms with Crippen LogP contribution in [0.25, 0.3) is 0 Å². The topological polar surface area (TPSA) is 55.5 Å². The van der Waals surface area contributed by atoms with E-state index in [0.717, 1.165) is 5.56 Å². The number of halogens is 1. The Labute approximate surface area is 75.7 Å². The van der Waals surface area contributed by atoms with Gasteiger partial charge in [-0.05, 0) is 24.6 Å². The summed E-state index contributed by atoms with van der Waals surface area (Å²) in [4.78, 5) is 4.38. The number of hydrogen-bond donors (Lipinski definition) is 2. The SMILES string of the molecule is Cc1cc(O)c(CON)cc1Cl. The van der Waals surface area contributed by atoms with Crippen molar-refractivity contribution in [3.8, 4) is 5.75 Å². The molecule has 0 fully saturated rings. The molecule has 0 aromatic heterocycles. The molecule has 0 saturated carbocycles. The van der Waals surface area contributed by atoms with E-state index in [9.17, 15) is 5.11 Å². The molecule has 3 N–H and O–H groups in total. The predicted molar refractivity (Wildman–Crippen MR) is 46.8 cm³/mol. The third-order valence-corrected chi connectivity index (χ3v) is 2.01. The summed E-state index contributed by atoms with van der Waals surface area (Å²) >= 11 is 5.81. The molecule has 4 heteroatoms. The molecule has 0 unspecified atom stereocenters. The second-order valence-electron chi connectivity index (χ2n) is 2.54. The first-order valence-electron chi connectivity index (χ1n) is 3.45. The highest BCUT2D eigenvalue weighted by molar-refractivity contribution is 6.31. The number of hydrogen-bond acceptors (Lipinski definition) is 3. The molecule has 0 aliphatic heterocycles. The largest absolute Gasteiger partial charge is 0.508 e. The number of aryl methyl sites for hydroxylation is 1. The van der Waals surface area contributed by atoms with Crippen molar-refractivity contribution in [2.75, 3.05) is 0 Å². The summed E-state index contributed by atoms with van der Waals surface area (Å²) in [7, 11) is 0. The van der Waals surface area contributed by atoms with Crippen molar-refractivity contribution in [1.29, 1.82) is 0 Å². The van der Waals surface area contributed by atoms with Crippen molar-refractivity contribution in [2.24, 2.45) is 5.90 Å². The maximum absolute atomic E-state index is 9.35. The van der Waals surface area contributed by atoms with Crippen molar-refractivity contribution < 1.29 is 9.94 Å². The average molecular weight is 188 g/mol. The van der Waals surface area contributed by atoms with E-state index in [1.807, 2.05) is 6.92 Å². The van der Waals surface area contributed by atoms with E-state index in [-0.39, 0.29) is 12.4 Å². The van der Waals surface area contributed by atoms with Gasteiger partial charge in [0, 0.05) is 10.6 Å². The van der Waals surface area contributed by atoms with Gasteiger partial charge in [0.15, 0.2) is 0 Å². The van der Waals surface area contributed by atoms with Gasteiger partial charge in [-0.2, -0.15) is 0 Å². The van der Waals surface area contributed by atoms with Crippen molar-refractivity contribution in [3.63, 3.8) is 0 Å². The van der Waals surface area contributed by atoms with E-state index < -0.39 is 0 Å². The normalized spacial score (nSPS) is 10.2. The number of aromatic hydroxyl groups is 1. The molecular formula is C8H10ClNO2. The van der Waals surface area contributed by atoms with Crippen LogP contribution in [-0.4, -0.2) is 5.11 Å². The van der Waals surface area contributed by atoms with Gasteiger partial charge in [0.2, 0.25) is 0 Å². The summed E-state index contributed by atoms with van der Waals surface area (Å²) in [5.41, 5.74) is 1.42. The highest BCUT2D eigenvalue weighted by atomic mass is 35.5. The number of phenolic OH excluding ortho intramolecular Hbond substituents is 1. The Morgan fingerprint density at radius 1 is 1.58 bits per heavy atom. The van der Waals surface area contributed by atoms with Crippen molar-refractivity contribution in [3.05, 3.63) is 28.3 Å². The summed E-state index contributed by atoms with van der Waals surface area (Å²) in [6.07, 6.45) is 0. The number of rotatable bonds is 2. The molecule has 1 aromatic rings. The van der Waals surface area contributed by atoms with Gasteiger partial charge in [0.05, 0.1) is 6.61 Å². The fraction of sp³-hybridized carbons (Fsp3) is 0.250. The fourth-order valence-electron chi connectivity index (χ4n) is 0.913. The van der Waals surface area contributed by atoms with Gasteiger partial charge in [0.25, 0.3) is 0 Å². The van der Waals surface area contributed by atoms with Crippen LogP contribution in [0, 0.1) is 6.92 Å². The van der Waals surface area contributed by atoms with Crippen LogP contribution < -0.4 is 5.90 Å². The minimum Gasteiger partial charge on any atom is -0.508 e. The fourth-order valence-corrected chi connectivity index (χ4v) is 1.10. The second-order valence-corrected chi connectivity index (χ2v) is 2.95. The van der Waals surface area contributed by atoms with Crippen LogP contribution in [-0.2, 0) is 11.4 Å². The maximum atomic E-state index is 9.35. The molecule has 0 heterocycles. The minimum absolute atomic E-state index is 0.155. The molecule has 0 aliphatic carbocycles. The van der Waals surface area contributed by atoms with Crippen LogP contribution in [0.15, 0.2) is 12.1 Å². The summed E-state index contributed by atoms with van der Waals surface area (Å²) in [6, 6.07) is 3.22. The zero-order valence-corrected chi connectivity index (χ0v) is 7.43. The molecule has 0 aliphatic rings. The first-order valence-corrected chi connectivity index (χ1v) is 3.82. The lowest BCUT2D eigenvalue weighted by Crippen LogP contribution is -1.99. The lowest BCUT2D eigenvalue weighted by atomic mass is 10.1. The molecule has 0 atom stereocenters. The Balaban J connectivity index is 3.05. The molecular weight excluding hydrogens is 178 g/mol. The molecule has 0 amide bonds. The highest BCUT2D eigenvalue weighted by Gasteiger charge is 2.04. The average Bonchev–Trinajstić information content (AvgIpc) is 2.01. The van der Waals surface area contributed by atoms with E-state index in [4.69, 9.17) is 17.5 Å². The van der Waals surface area contributed by atoms with Gasteiger partial charge in [-0.3, -0.25) is 4.84 Å². The van der Waals surface area contributed by atoms with Crippen LogP contribution in [0.3, 0.4) is 0 Å². The van der Waals surface area contributed by atoms with Gasteiger partial charge in [-0.1, -0.05) is 11.6 Å². The van der Waals surface area contributed by atoms with E-state index in [1.54, 1.807) is 12.1 Å². The van der Waals surface area contributed by atoms with E-state index in [1.165, 1.54) is 0 Å². The molecule has 0 bridgehead atoms. The zero-order chi connectivity index (χ0) is 9.14. The monoisotopic (exact) mass is 187 g/mol. The molecule has 66 valence electrons. The molecule has 0 saturated heterocycles. The Morgan fingerprint density at radius 2 is 2.25 bits per heavy atom. The second kappa shape index (κ2) is 3.76. The molecule has 1 rings (SSSR count). The molecule has 3 nitrogen and oxygen atoms in total. The number of benzene rings is 1. The standard InChI is InChI=1S/C8H10ClNO2/c1-5-2-8(11)6(4-12-10)3-7(5)9/h2-3,11H,4,10H2,1H3. The third kappa shape index (κ3) is 1.88. The smallest absolute Gasteiger partial charge is 0.121 e. The van der Waals surface area contributed by atoms with Gasteiger partial charge in [0.1, 0.15) is 5.75 Å². The molecule has 12 heavy (non-hydrogen) atoms. The Morgan fingerprint density at radius 3 is 2.83 bits per heavy atom. The lowest BCUT2D eigenvalue weighted by Gasteiger charge is -2.05. The van der Waals surface area contributed by atoms with Crippen molar-refractivity contribution in [2.45, 2.75) is 13.5 Å². The van der Waals surface area contributed by atoms with Crippen LogP contribution in [0.1, 0.15) is 11.1 Å². The van der Waals surface area contributed by atoms with Gasteiger partial charge in [-0.25, -0.2) is 5.90 Å². The first kappa shape index (κ1) is 9.32. The van der Waals surface area contributed by atoms with Crippen LogP contribution >= 0.6 is 11.6 Å². The van der Waals surface area contributed by atoms with E-state index in [0.29, 0.717) is 10.6 Å². The summed E-state index contributed by atoms with van der Waals surface area (Å²) in [5.74, 6) is 5.02. The van der Waals surface area contributed by atoms with Gasteiger partial charge < -0.3 is 5.11 Å². The maximum Gasteiger partial charge on any atom is 0.121 e. The third-order valence-electron chi connectivity index (χ3n) is 1.60. The predicted octanol–water partition coefficient (Wildman–Crippen LogP) is 1.74. The number of nitrogens with two attached hydrogens (primary N) is 1. The zero-order valence-electron chi connectivity index (χ0n) is 6.67. The lowest BCUT2D eigenvalue weighted by molar-refractivity contribution is 0.122. The highest BCUT2D eigenvalue weighted by Crippen LogP contribution is 2.25. The van der Waals surface area contributed by atoms with Crippen molar-refractivity contribution in [1.82, 2.24) is 0 Å². The summed E-state index contributed by atoms with van der Waals surface area (Å²) in [5, 5.41) is 9.95. The Hall–Kier alpha value is -0.770. The number of phenols is 1. The summed E-state index contributed by atoms with van der Waals surface area (Å²) in [6.45, 7) is 1.97. The van der Waals surface area contributed by atoms with E-state index >= 15 is 0 Å². The molecule has 1 aromatic carbocycles. The first-order chi connectivity index (χ1) is 5.65. The minimum atomic E-state index is 0.155. The van der Waals surface area contributed by atoms with Crippen LogP contribution in [0.4, 0.5) is 0 Å². The molecule has 0 spiro atoms. The quantitative estimate of drug-likeness (QED) is 0.694. The Kier molecular flexibility index (Phi) is 2.92. The van der Waals surface area contributed by atoms with Crippen LogP contribution in [0.2, 0.25) is 5.02 Å². The van der Waals surface area contributed by atoms with Crippen LogP contribution in [0.5, 0.6) is 5.75 Å². The van der Waals surface area contributed by atoms with Gasteiger partial charge >= 0.3 is 0 Å². The summed E-state index contributed by atoms with van der Waals surface area (Å²) < 4.78 is 0. The Bertz CT molecular complexity index is 289. The molecule has 0 radical (unpaired) electrons. The van der Waals surface area contributed by atoms with E-state index in [2.05, 4.69) is 4.84 Å². The van der Waals surface area contributed by atoms with Crippen molar-refractivity contribution >= 4 is 11.6 Å². The van der Waals surface area contributed by atoms with Gasteiger partial charge in [-0.15, -0.1) is 0 Å².